The predicted octanol–water partition coefficient (Wildman–Crippen LogP) is 5.24. The molecule has 0 aromatic heterocycles. The van der Waals surface area contributed by atoms with Crippen molar-refractivity contribution < 1.29 is 23.8 Å². The Morgan fingerprint density at radius 2 is 1.59 bits per heavy atom. The van der Waals surface area contributed by atoms with Crippen molar-refractivity contribution in [2.45, 2.75) is 26.6 Å². The van der Waals surface area contributed by atoms with Crippen LogP contribution in [-0.4, -0.2) is 24.7 Å². The van der Waals surface area contributed by atoms with Crippen LogP contribution in [-0.2, 0) is 16.1 Å². The number of anilines is 2. The van der Waals surface area contributed by atoms with Gasteiger partial charge in [-0.1, -0.05) is 36.4 Å². The maximum Gasteiger partial charge on any atom is 0.411 e. The monoisotopic (exact) mass is 434 g/mol. The van der Waals surface area contributed by atoms with E-state index in [0.29, 0.717) is 29.5 Å². The van der Waals surface area contributed by atoms with E-state index >= 15 is 0 Å². The molecule has 7 heteroatoms. The quantitative estimate of drug-likeness (QED) is 0.481. The summed E-state index contributed by atoms with van der Waals surface area (Å²) in [5.74, 6) is 0.861. The molecule has 0 saturated heterocycles. The smallest absolute Gasteiger partial charge is 0.411 e. The van der Waals surface area contributed by atoms with Gasteiger partial charge in [0.05, 0.1) is 6.61 Å². The molecule has 0 heterocycles. The standard InChI is InChI=1S/C25H26N2O5/c1-3-30-25(29)27-21-10-7-11-23(16-21)32-18(2)24(28)26-20-12-14-22(15-13-20)31-17-19-8-5-4-6-9-19/h4-16,18H,3,17H2,1-2H3,(H,26,28)(H,27,29). The van der Waals surface area contributed by atoms with E-state index in [1.54, 1.807) is 62.4 Å². The third-order valence-corrected chi connectivity index (χ3v) is 4.41. The van der Waals surface area contributed by atoms with Crippen LogP contribution in [0.15, 0.2) is 78.9 Å². The van der Waals surface area contributed by atoms with E-state index in [1.165, 1.54) is 0 Å². The molecule has 0 spiro atoms. The molecule has 2 N–H and O–H groups in total. The molecule has 0 aliphatic carbocycles. The van der Waals surface area contributed by atoms with Crippen LogP contribution < -0.4 is 20.1 Å². The summed E-state index contributed by atoms with van der Waals surface area (Å²) in [6, 6.07) is 23.8. The summed E-state index contributed by atoms with van der Waals surface area (Å²) in [6.07, 6.45) is -1.30. The number of ether oxygens (including phenoxy) is 3. The molecule has 3 rings (SSSR count). The number of nitrogens with one attached hydrogen (secondary N) is 2. The third-order valence-electron chi connectivity index (χ3n) is 4.41. The Balaban J connectivity index is 1.50. The molecular formula is C25H26N2O5. The highest BCUT2D eigenvalue weighted by molar-refractivity contribution is 5.94. The summed E-state index contributed by atoms with van der Waals surface area (Å²) in [7, 11) is 0. The van der Waals surface area contributed by atoms with Gasteiger partial charge in [-0.3, -0.25) is 10.1 Å². The molecule has 7 nitrogen and oxygen atoms in total. The van der Waals surface area contributed by atoms with Gasteiger partial charge >= 0.3 is 6.09 Å². The van der Waals surface area contributed by atoms with Gasteiger partial charge < -0.3 is 19.5 Å². The van der Waals surface area contributed by atoms with Crippen molar-refractivity contribution in [3.63, 3.8) is 0 Å². The van der Waals surface area contributed by atoms with Gasteiger partial charge in [0, 0.05) is 17.4 Å². The van der Waals surface area contributed by atoms with E-state index in [-0.39, 0.29) is 12.5 Å². The van der Waals surface area contributed by atoms with Crippen LogP contribution in [0.2, 0.25) is 0 Å². The fourth-order valence-electron chi connectivity index (χ4n) is 2.81. The molecule has 1 atom stereocenters. The van der Waals surface area contributed by atoms with Gasteiger partial charge in [0.15, 0.2) is 6.10 Å². The average molecular weight is 434 g/mol. The van der Waals surface area contributed by atoms with Crippen molar-refractivity contribution in [1.29, 1.82) is 0 Å². The summed E-state index contributed by atoms with van der Waals surface area (Å²) in [5, 5.41) is 5.42. The van der Waals surface area contributed by atoms with Crippen LogP contribution in [0, 0.1) is 0 Å². The summed E-state index contributed by atoms with van der Waals surface area (Å²) in [5.41, 5.74) is 2.23. The topological polar surface area (TPSA) is 85.9 Å². The highest BCUT2D eigenvalue weighted by Crippen LogP contribution is 2.20. The molecule has 0 radical (unpaired) electrons. The van der Waals surface area contributed by atoms with E-state index in [9.17, 15) is 9.59 Å². The number of hydrogen-bond acceptors (Lipinski definition) is 5. The van der Waals surface area contributed by atoms with Crippen LogP contribution in [0.5, 0.6) is 11.5 Å². The van der Waals surface area contributed by atoms with Gasteiger partial charge in [0.2, 0.25) is 0 Å². The summed E-state index contributed by atoms with van der Waals surface area (Å²) >= 11 is 0. The van der Waals surface area contributed by atoms with Gasteiger partial charge in [-0.05, 0) is 55.8 Å². The second-order valence-corrected chi connectivity index (χ2v) is 6.92. The minimum absolute atomic E-state index is 0.277. The first-order valence-corrected chi connectivity index (χ1v) is 10.3. The number of benzene rings is 3. The zero-order valence-corrected chi connectivity index (χ0v) is 18.0. The van der Waals surface area contributed by atoms with Crippen molar-refractivity contribution >= 4 is 23.4 Å². The van der Waals surface area contributed by atoms with Gasteiger partial charge in [-0.25, -0.2) is 4.79 Å². The SMILES string of the molecule is CCOC(=O)Nc1cccc(OC(C)C(=O)Nc2ccc(OCc3ccccc3)cc2)c1. The first kappa shape index (κ1) is 22.7. The lowest BCUT2D eigenvalue weighted by Gasteiger charge is -2.16. The average Bonchev–Trinajstić information content (AvgIpc) is 2.79. The number of carbonyl (C=O) groups is 2. The Morgan fingerprint density at radius 3 is 2.31 bits per heavy atom. The van der Waals surface area contributed by atoms with Gasteiger partial charge in [-0.15, -0.1) is 0 Å². The molecule has 0 bridgehead atoms. The fourth-order valence-corrected chi connectivity index (χ4v) is 2.81. The molecule has 2 amide bonds. The molecule has 0 saturated carbocycles. The van der Waals surface area contributed by atoms with E-state index in [1.807, 2.05) is 30.3 Å². The molecule has 0 fully saturated rings. The molecule has 3 aromatic rings. The molecule has 3 aromatic carbocycles. The van der Waals surface area contributed by atoms with Crippen LogP contribution in [0.25, 0.3) is 0 Å². The Morgan fingerprint density at radius 1 is 0.844 bits per heavy atom. The van der Waals surface area contributed by atoms with Crippen LogP contribution in [0.4, 0.5) is 16.2 Å². The van der Waals surface area contributed by atoms with Crippen molar-refractivity contribution in [1.82, 2.24) is 0 Å². The van der Waals surface area contributed by atoms with Crippen LogP contribution in [0.1, 0.15) is 19.4 Å². The van der Waals surface area contributed by atoms with Crippen molar-refractivity contribution in [2.75, 3.05) is 17.2 Å². The maximum absolute atomic E-state index is 12.5. The highest BCUT2D eigenvalue weighted by Gasteiger charge is 2.15. The molecule has 166 valence electrons. The molecular weight excluding hydrogens is 408 g/mol. The Kier molecular flexibility index (Phi) is 8.09. The van der Waals surface area contributed by atoms with Crippen molar-refractivity contribution in [3.05, 3.63) is 84.4 Å². The zero-order chi connectivity index (χ0) is 22.8. The maximum atomic E-state index is 12.5. The largest absolute Gasteiger partial charge is 0.489 e. The predicted molar refractivity (Wildman–Crippen MR) is 123 cm³/mol. The first-order chi connectivity index (χ1) is 15.5. The fraction of sp³-hybridized carbons (Fsp3) is 0.200. The zero-order valence-electron chi connectivity index (χ0n) is 18.0. The molecule has 1 unspecified atom stereocenters. The molecule has 0 aliphatic heterocycles. The van der Waals surface area contributed by atoms with Gasteiger partial charge in [0.25, 0.3) is 5.91 Å². The lowest BCUT2D eigenvalue weighted by atomic mass is 10.2. The van der Waals surface area contributed by atoms with Crippen molar-refractivity contribution in [2.24, 2.45) is 0 Å². The second-order valence-electron chi connectivity index (χ2n) is 6.92. The van der Waals surface area contributed by atoms with Gasteiger partial charge in [0.1, 0.15) is 18.1 Å². The minimum Gasteiger partial charge on any atom is -0.489 e. The van der Waals surface area contributed by atoms with Gasteiger partial charge in [-0.2, -0.15) is 0 Å². The number of carbonyl (C=O) groups excluding carboxylic acids is 2. The number of hydrogen-bond donors (Lipinski definition) is 2. The summed E-state index contributed by atoms with van der Waals surface area (Å²) in [4.78, 5) is 24.1. The van der Waals surface area contributed by atoms with Crippen molar-refractivity contribution in [3.8, 4) is 11.5 Å². The minimum atomic E-state index is -0.748. The molecule has 0 aliphatic rings. The first-order valence-electron chi connectivity index (χ1n) is 10.3. The van der Waals surface area contributed by atoms with Crippen LogP contribution in [0.3, 0.4) is 0 Å². The number of amides is 2. The Labute approximate surface area is 187 Å². The van der Waals surface area contributed by atoms with E-state index in [4.69, 9.17) is 14.2 Å². The second kappa shape index (κ2) is 11.4. The lowest BCUT2D eigenvalue weighted by molar-refractivity contribution is -0.122. The number of rotatable bonds is 9. The summed E-state index contributed by atoms with van der Waals surface area (Å²) < 4.78 is 16.3. The molecule has 32 heavy (non-hydrogen) atoms. The highest BCUT2D eigenvalue weighted by atomic mass is 16.5. The normalized spacial score (nSPS) is 11.2. The third kappa shape index (κ3) is 7.05. The van der Waals surface area contributed by atoms with Crippen LogP contribution >= 0.6 is 0 Å². The van der Waals surface area contributed by atoms with E-state index in [2.05, 4.69) is 10.6 Å². The lowest BCUT2D eigenvalue weighted by Crippen LogP contribution is -2.30. The van der Waals surface area contributed by atoms with E-state index in [0.717, 1.165) is 5.56 Å². The Bertz CT molecular complexity index is 1020. The summed E-state index contributed by atoms with van der Waals surface area (Å²) in [6.45, 7) is 4.13. The Hall–Kier alpha value is -4.00. The van der Waals surface area contributed by atoms with E-state index < -0.39 is 12.2 Å².